The SMILES string of the molecule is CS(=O)C1=C(NC2CC2)C(=O)c2ccccc2C1=O. The van der Waals surface area contributed by atoms with Crippen LogP contribution in [0.2, 0.25) is 0 Å². The Balaban J connectivity index is 2.16. The van der Waals surface area contributed by atoms with E-state index in [1.807, 2.05) is 0 Å². The Labute approximate surface area is 113 Å². The van der Waals surface area contributed by atoms with E-state index in [0.717, 1.165) is 12.8 Å². The van der Waals surface area contributed by atoms with Gasteiger partial charge in [-0.25, -0.2) is 0 Å². The van der Waals surface area contributed by atoms with E-state index in [1.165, 1.54) is 6.26 Å². The highest BCUT2D eigenvalue weighted by molar-refractivity contribution is 7.89. The molecule has 0 amide bonds. The van der Waals surface area contributed by atoms with Crippen LogP contribution >= 0.6 is 0 Å². The van der Waals surface area contributed by atoms with Crippen LogP contribution in [0.25, 0.3) is 0 Å². The molecular formula is C14H13NO3S. The maximum atomic E-state index is 12.4. The minimum Gasteiger partial charge on any atom is -0.378 e. The number of hydrogen-bond donors (Lipinski definition) is 1. The first-order valence-corrected chi connectivity index (χ1v) is 7.68. The largest absolute Gasteiger partial charge is 0.378 e. The molecule has 5 heteroatoms. The van der Waals surface area contributed by atoms with Gasteiger partial charge in [-0.15, -0.1) is 0 Å². The molecule has 4 nitrogen and oxygen atoms in total. The van der Waals surface area contributed by atoms with E-state index in [2.05, 4.69) is 5.32 Å². The summed E-state index contributed by atoms with van der Waals surface area (Å²) >= 11 is 0. The van der Waals surface area contributed by atoms with Crippen LogP contribution in [0.1, 0.15) is 33.6 Å². The number of carbonyl (C=O) groups excluding carboxylic acids is 2. The number of nitrogens with one attached hydrogen (secondary N) is 1. The lowest BCUT2D eigenvalue weighted by atomic mass is 9.92. The summed E-state index contributed by atoms with van der Waals surface area (Å²) in [6.45, 7) is 0. The number of benzene rings is 1. The van der Waals surface area contributed by atoms with E-state index in [0.29, 0.717) is 11.1 Å². The van der Waals surface area contributed by atoms with Crippen LogP contribution in [0.5, 0.6) is 0 Å². The van der Waals surface area contributed by atoms with Gasteiger partial charge in [0.05, 0.1) is 10.8 Å². The summed E-state index contributed by atoms with van der Waals surface area (Å²) in [6.07, 6.45) is 3.40. The van der Waals surface area contributed by atoms with Crippen LogP contribution in [0.4, 0.5) is 0 Å². The van der Waals surface area contributed by atoms with Crippen molar-refractivity contribution in [2.75, 3.05) is 6.26 Å². The molecule has 1 aromatic carbocycles. The molecule has 3 rings (SSSR count). The van der Waals surface area contributed by atoms with Gasteiger partial charge in [0.25, 0.3) is 0 Å². The number of Topliss-reactive ketones (excluding diaryl/α,β-unsaturated/α-hetero) is 2. The molecule has 0 spiro atoms. The third-order valence-corrected chi connectivity index (χ3v) is 4.25. The Morgan fingerprint density at radius 1 is 1.11 bits per heavy atom. The van der Waals surface area contributed by atoms with Gasteiger partial charge in [0.2, 0.25) is 11.6 Å². The van der Waals surface area contributed by atoms with Gasteiger partial charge in [0, 0.05) is 23.4 Å². The summed E-state index contributed by atoms with van der Waals surface area (Å²) < 4.78 is 11.8. The van der Waals surface area contributed by atoms with Crippen molar-refractivity contribution in [2.24, 2.45) is 0 Å². The number of rotatable bonds is 3. The number of carbonyl (C=O) groups is 2. The van der Waals surface area contributed by atoms with Crippen LogP contribution in [-0.4, -0.2) is 28.1 Å². The van der Waals surface area contributed by atoms with Gasteiger partial charge in [0.15, 0.2) is 0 Å². The predicted molar refractivity (Wildman–Crippen MR) is 72.4 cm³/mol. The molecule has 1 fully saturated rings. The van der Waals surface area contributed by atoms with Gasteiger partial charge in [0.1, 0.15) is 10.6 Å². The zero-order valence-corrected chi connectivity index (χ0v) is 11.3. The van der Waals surface area contributed by atoms with Crippen molar-refractivity contribution in [1.29, 1.82) is 0 Å². The molecule has 0 heterocycles. The van der Waals surface area contributed by atoms with Crippen molar-refractivity contribution in [2.45, 2.75) is 18.9 Å². The molecule has 0 aromatic heterocycles. The van der Waals surface area contributed by atoms with Crippen LogP contribution < -0.4 is 5.32 Å². The smallest absolute Gasteiger partial charge is 0.210 e. The van der Waals surface area contributed by atoms with Crippen LogP contribution in [0, 0.1) is 0 Å². The molecule has 1 unspecified atom stereocenters. The van der Waals surface area contributed by atoms with E-state index < -0.39 is 10.8 Å². The third-order valence-electron chi connectivity index (χ3n) is 3.29. The summed E-state index contributed by atoms with van der Waals surface area (Å²) in [4.78, 5) is 24.9. The molecule has 1 aromatic rings. The van der Waals surface area contributed by atoms with Crippen LogP contribution in [0.3, 0.4) is 0 Å². The maximum absolute atomic E-state index is 12.4. The summed E-state index contributed by atoms with van der Waals surface area (Å²) in [6, 6.07) is 6.91. The van der Waals surface area contributed by atoms with E-state index in [9.17, 15) is 13.8 Å². The molecule has 0 saturated heterocycles. The molecule has 2 aliphatic rings. The van der Waals surface area contributed by atoms with Crippen molar-refractivity contribution >= 4 is 22.4 Å². The summed E-state index contributed by atoms with van der Waals surface area (Å²) in [5.41, 5.74) is 0.968. The van der Waals surface area contributed by atoms with Crippen molar-refractivity contribution < 1.29 is 13.8 Å². The average molecular weight is 275 g/mol. The first-order chi connectivity index (χ1) is 9.09. The standard InChI is InChI=1S/C14H13NO3S/c1-19(18)14-11(15-8-6-7-8)12(16)9-4-2-3-5-10(9)13(14)17/h2-5,8,15H,6-7H2,1H3. The van der Waals surface area contributed by atoms with Crippen LogP contribution in [0.15, 0.2) is 34.9 Å². The fraction of sp³-hybridized carbons (Fsp3) is 0.286. The van der Waals surface area contributed by atoms with Crippen molar-refractivity contribution in [3.63, 3.8) is 0 Å². The highest BCUT2D eigenvalue weighted by Gasteiger charge is 2.36. The normalized spacial score (nSPS) is 20.3. The minimum atomic E-state index is -1.48. The van der Waals surface area contributed by atoms with Crippen molar-refractivity contribution in [3.8, 4) is 0 Å². The van der Waals surface area contributed by atoms with Gasteiger partial charge >= 0.3 is 0 Å². The topological polar surface area (TPSA) is 63.2 Å². The second kappa shape index (κ2) is 4.42. The zero-order chi connectivity index (χ0) is 13.6. The van der Waals surface area contributed by atoms with Crippen molar-refractivity contribution in [1.82, 2.24) is 5.32 Å². The zero-order valence-electron chi connectivity index (χ0n) is 10.4. The third kappa shape index (κ3) is 2.04. The minimum absolute atomic E-state index is 0.107. The average Bonchev–Trinajstić information content (AvgIpc) is 3.19. The number of hydrogen-bond acceptors (Lipinski definition) is 4. The van der Waals surface area contributed by atoms with Gasteiger partial charge in [-0.3, -0.25) is 13.8 Å². The van der Waals surface area contributed by atoms with Crippen LogP contribution in [-0.2, 0) is 10.8 Å². The highest BCUT2D eigenvalue weighted by atomic mass is 32.2. The first kappa shape index (κ1) is 12.3. The van der Waals surface area contributed by atoms with E-state index in [1.54, 1.807) is 24.3 Å². The Hall–Kier alpha value is -1.75. The Morgan fingerprint density at radius 2 is 1.68 bits per heavy atom. The predicted octanol–water partition coefficient (Wildman–Crippen LogP) is 1.41. The Kier molecular flexibility index (Phi) is 2.86. The molecule has 1 N–H and O–H groups in total. The lowest BCUT2D eigenvalue weighted by Gasteiger charge is -2.20. The maximum Gasteiger partial charge on any atom is 0.210 e. The number of allylic oxidation sites excluding steroid dienone is 2. The van der Waals surface area contributed by atoms with Gasteiger partial charge in [-0.05, 0) is 12.8 Å². The molecule has 19 heavy (non-hydrogen) atoms. The van der Waals surface area contributed by atoms with Crippen molar-refractivity contribution in [3.05, 3.63) is 46.0 Å². The van der Waals surface area contributed by atoms with Gasteiger partial charge in [-0.2, -0.15) is 0 Å². The quantitative estimate of drug-likeness (QED) is 0.906. The second-order valence-electron chi connectivity index (χ2n) is 4.78. The molecule has 0 aliphatic heterocycles. The van der Waals surface area contributed by atoms with E-state index in [-0.39, 0.29) is 28.2 Å². The molecule has 2 aliphatic carbocycles. The molecule has 1 atom stereocenters. The first-order valence-electron chi connectivity index (χ1n) is 6.12. The Morgan fingerprint density at radius 3 is 2.21 bits per heavy atom. The fourth-order valence-electron chi connectivity index (χ4n) is 2.19. The lowest BCUT2D eigenvalue weighted by Crippen LogP contribution is -2.32. The van der Waals surface area contributed by atoms with Gasteiger partial charge < -0.3 is 5.32 Å². The second-order valence-corrected chi connectivity index (χ2v) is 6.10. The van der Waals surface area contributed by atoms with E-state index in [4.69, 9.17) is 0 Å². The highest BCUT2D eigenvalue weighted by Crippen LogP contribution is 2.29. The number of ketones is 2. The molecular weight excluding hydrogens is 262 g/mol. The Bertz CT molecular complexity index is 644. The summed E-state index contributed by atoms with van der Waals surface area (Å²) in [5, 5.41) is 3.06. The van der Waals surface area contributed by atoms with Gasteiger partial charge in [-0.1, -0.05) is 24.3 Å². The van der Waals surface area contributed by atoms with E-state index >= 15 is 0 Å². The summed E-state index contributed by atoms with van der Waals surface area (Å²) in [5.74, 6) is -0.536. The summed E-state index contributed by atoms with van der Waals surface area (Å²) in [7, 11) is -1.48. The molecule has 98 valence electrons. The fourth-order valence-corrected chi connectivity index (χ4v) is 3.00. The monoisotopic (exact) mass is 275 g/mol. The molecule has 0 radical (unpaired) electrons. The molecule has 1 saturated carbocycles. The lowest BCUT2D eigenvalue weighted by molar-refractivity contribution is 0.0974. The number of fused-ring (bicyclic) bond motifs is 1. The molecule has 0 bridgehead atoms.